The van der Waals surface area contributed by atoms with Gasteiger partial charge in [-0.15, -0.1) is 0 Å². The van der Waals surface area contributed by atoms with Crippen LogP contribution in [0.1, 0.15) is 284 Å². The SMILES string of the molecule is CC/C=C\C/C=C\C/C=C\C/C=C\CCCCCCCCCCC(=O)OCC(COC(=O)CCCCCCCCCCCCCCCCCC)OC(=O)CCCCCC/C=C\C/C=C\C/C=C\C/C=C\CC. The zero-order valence-electron chi connectivity index (χ0n) is 47.2. The quantitative estimate of drug-likeness (QED) is 0.0261. The lowest BCUT2D eigenvalue weighted by atomic mass is 10.0. The van der Waals surface area contributed by atoms with Gasteiger partial charge in [0.15, 0.2) is 6.10 Å². The molecule has 0 radical (unpaired) electrons. The van der Waals surface area contributed by atoms with Gasteiger partial charge in [0.05, 0.1) is 0 Å². The number of carbonyl (C=O) groups is 3. The van der Waals surface area contributed by atoms with Crippen molar-refractivity contribution in [3.05, 3.63) is 97.2 Å². The molecule has 0 rings (SSSR count). The maximum atomic E-state index is 12.9. The zero-order chi connectivity index (χ0) is 52.2. The van der Waals surface area contributed by atoms with Gasteiger partial charge < -0.3 is 14.2 Å². The first-order valence-corrected chi connectivity index (χ1v) is 30.2. The van der Waals surface area contributed by atoms with Crippen LogP contribution in [0.25, 0.3) is 0 Å². The number of ether oxygens (including phenoxy) is 3. The van der Waals surface area contributed by atoms with Crippen molar-refractivity contribution in [1.82, 2.24) is 0 Å². The van der Waals surface area contributed by atoms with Crippen molar-refractivity contribution >= 4 is 17.9 Å². The van der Waals surface area contributed by atoms with Crippen LogP contribution in [0.15, 0.2) is 97.2 Å². The Morgan fingerprint density at radius 1 is 0.292 bits per heavy atom. The Hall–Kier alpha value is -3.67. The molecular weight excluding hydrogens is 889 g/mol. The minimum atomic E-state index is -0.794. The van der Waals surface area contributed by atoms with Crippen LogP contribution in [0.5, 0.6) is 0 Å². The van der Waals surface area contributed by atoms with E-state index in [0.717, 1.165) is 128 Å². The van der Waals surface area contributed by atoms with Crippen molar-refractivity contribution in [3.8, 4) is 0 Å². The predicted molar refractivity (Wildman–Crippen MR) is 311 cm³/mol. The van der Waals surface area contributed by atoms with Crippen molar-refractivity contribution in [2.45, 2.75) is 290 Å². The number of esters is 3. The number of hydrogen-bond acceptors (Lipinski definition) is 6. The van der Waals surface area contributed by atoms with E-state index in [1.807, 2.05) is 0 Å². The molecule has 1 atom stereocenters. The third-order valence-electron chi connectivity index (χ3n) is 12.8. The summed E-state index contributed by atoms with van der Waals surface area (Å²) >= 11 is 0. The fraction of sp³-hybridized carbons (Fsp3) is 0.712. The molecule has 0 fully saturated rings. The largest absolute Gasteiger partial charge is 0.462 e. The van der Waals surface area contributed by atoms with E-state index in [-0.39, 0.29) is 31.1 Å². The van der Waals surface area contributed by atoms with Crippen LogP contribution in [-0.4, -0.2) is 37.2 Å². The maximum absolute atomic E-state index is 12.9. The van der Waals surface area contributed by atoms with E-state index >= 15 is 0 Å². The number of rotatable bonds is 54. The smallest absolute Gasteiger partial charge is 0.306 e. The van der Waals surface area contributed by atoms with Gasteiger partial charge in [-0.2, -0.15) is 0 Å². The normalized spacial score (nSPS) is 12.8. The van der Waals surface area contributed by atoms with Crippen molar-refractivity contribution in [2.24, 2.45) is 0 Å². The average molecular weight is 1000 g/mol. The minimum Gasteiger partial charge on any atom is -0.462 e. The van der Waals surface area contributed by atoms with Crippen LogP contribution in [0.4, 0.5) is 0 Å². The van der Waals surface area contributed by atoms with Gasteiger partial charge in [-0.05, 0) is 96.3 Å². The molecule has 0 aliphatic heterocycles. The summed E-state index contributed by atoms with van der Waals surface area (Å²) in [6.45, 7) is 6.41. The summed E-state index contributed by atoms with van der Waals surface area (Å²) < 4.78 is 16.9. The van der Waals surface area contributed by atoms with E-state index in [2.05, 4.69) is 118 Å². The van der Waals surface area contributed by atoms with Crippen molar-refractivity contribution in [2.75, 3.05) is 13.2 Å². The standard InChI is InChI=1S/C66H112O6/c1-4-7-10-13-16-19-22-25-28-31-32-33-34-36-38-41-44-47-50-53-56-59-65(68)71-62-63(61-70-64(67)58-55-52-49-46-43-40-37-30-27-24-21-18-15-12-9-6-3)72-66(69)60-57-54-51-48-45-42-39-35-29-26-23-20-17-14-11-8-5-2/h7-8,10-11,16-17,19-20,25-26,28-29,32-33,39,42,63H,4-6,9,12-15,18,21-24,27,30-31,34-38,40-41,43-62H2,1-3H3/b10-7-,11-8-,19-16-,20-17-,28-25-,29-26-,33-32-,42-39-. The van der Waals surface area contributed by atoms with E-state index in [9.17, 15) is 14.4 Å². The molecule has 412 valence electrons. The van der Waals surface area contributed by atoms with E-state index in [1.165, 1.54) is 116 Å². The third kappa shape index (κ3) is 57.2. The summed E-state index contributed by atoms with van der Waals surface area (Å²) in [4.78, 5) is 38.3. The average Bonchev–Trinajstić information content (AvgIpc) is 3.38. The van der Waals surface area contributed by atoms with Gasteiger partial charge in [0.1, 0.15) is 13.2 Å². The molecule has 0 heterocycles. The molecule has 0 aliphatic carbocycles. The summed E-state index contributed by atoms with van der Waals surface area (Å²) in [5, 5.41) is 0. The predicted octanol–water partition coefficient (Wildman–Crippen LogP) is 20.5. The Morgan fingerprint density at radius 3 is 0.847 bits per heavy atom. The van der Waals surface area contributed by atoms with Gasteiger partial charge in [0, 0.05) is 19.3 Å². The Labute approximate surface area is 445 Å². The van der Waals surface area contributed by atoms with E-state index in [4.69, 9.17) is 14.2 Å². The highest BCUT2D eigenvalue weighted by Gasteiger charge is 2.19. The lowest BCUT2D eigenvalue weighted by Gasteiger charge is -2.18. The van der Waals surface area contributed by atoms with Crippen molar-refractivity contribution in [1.29, 1.82) is 0 Å². The first-order chi connectivity index (χ1) is 35.5. The van der Waals surface area contributed by atoms with E-state index in [1.54, 1.807) is 0 Å². The highest BCUT2D eigenvalue weighted by molar-refractivity contribution is 5.71. The van der Waals surface area contributed by atoms with E-state index in [0.29, 0.717) is 19.3 Å². The first kappa shape index (κ1) is 68.3. The molecule has 0 aromatic heterocycles. The van der Waals surface area contributed by atoms with Gasteiger partial charge in [-0.3, -0.25) is 14.4 Å². The third-order valence-corrected chi connectivity index (χ3v) is 12.8. The molecule has 6 heteroatoms. The molecule has 0 aliphatic rings. The summed E-state index contributed by atoms with van der Waals surface area (Å²) in [6.07, 6.45) is 79.7. The highest BCUT2D eigenvalue weighted by Crippen LogP contribution is 2.16. The van der Waals surface area contributed by atoms with Gasteiger partial charge in [-0.25, -0.2) is 0 Å². The summed E-state index contributed by atoms with van der Waals surface area (Å²) in [6, 6.07) is 0. The van der Waals surface area contributed by atoms with Crippen molar-refractivity contribution < 1.29 is 28.6 Å². The van der Waals surface area contributed by atoms with E-state index < -0.39 is 6.10 Å². The molecular formula is C66H112O6. The Kier molecular flexibility index (Phi) is 56.8. The first-order valence-electron chi connectivity index (χ1n) is 30.2. The monoisotopic (exact) mass is 1000 g/mol. The summed E-state index contributed by atoms with van der Waals surface area (Å²) in [7, 11) is 0. The van der Waals surface area contributed by atoms with Crippen LogP contribution < -0.4 is 0 Å². The van der Waals surface area contributed by atoms with Gasteiger partial charge in [0.25, 0.3) is 0 Å². The van der Waals surface area contributed by atoms with Crippen LogP contribution in [0, 0.1) is 0 Å². The molecule has 0 saturated heterocycles. The van der Waals surface area contributed by atoms with Gasteiger partial charge in [0.2, 0.25) is 0 Å². The Morgan fingerprint density at radius 2 is 0.542 bits per heavy atom. The van der Waals surface area contributed by atoms with Crippen LogP contribution in [-0.2, 0) is 28.6 Å². The molecule has 6 nitrogen and oxygen atoms in total. The van der Waals surface area contributed by atoms with Gasteiger partial charge >= 0.3 is 17.9 Å². The second-order valence-corrected chi connectivity index (χ2v) is 19.9. The molecule has 0 amide bonds. The topological polar surface area (TPSA) is 78.9 Å². The summed E-state index contributed by atoms with van der Waals surface area (Å²) in [5.41, 5.74) is 0. The molecule has 0 bridgehead atoms. The van der Waals surface area contributed by atoms with Gasteiger partial charge in [-0.1, -0.05) is 266 Å². The number of carbonyl (C=O) groups excluding carboxylic acids is 3. The molecule has 0 N–H and O–H groups in total. The fourth-order valence-electron chi connectivity index (χ4n) is 8.37. The molecule has 72 heavy (non-hydrogen) atoms. The second kappa shape index (κ2) is 59.9. The van der Waals surface area contributed by atoms with Crippen LogP contribution in [0.2, 0.25) is 0 Å². The lowest BCUT2D eigenvalue weighted by molar-refractivity contribution is -0.167. The molecule has 0 aromatic rings. The molecule has 1 unspecified atom stereocenters. The Balaban J connectivity index is 4.42. The number of hydrogen-bond donors (Lipinski definition) is 0. The second-order valence-electron chi connectivity index (χ2n) is 19.9. The summed E-state index contributed by atoms with van der Waals surface area (Å²) in [5.74, 6) is -0.912. The molecule has 0 aromatic carbocycles. The molecule has 0 saturated carbocycles. The maximum Gasteiger partial charge on any atom is 0.306 e. The van der Waals surface area contributed by atoms with Crippen LogP contribution in [0.3, 0.4) is 0 Å². The molecule has 0 spiro atoms. The Bertz CT molecular complexity index is 1430. The fourth-order valence-corrected chi connectivity index (χ4v) is 8.37. The highest BCUT2D eigenvalue weighted by atomic mass is 16.6. The zero-order valence-corrected chi connectivity index (χ0v) is 47.2. The van der Waals surface area contributed by atoms with Crippen molar-refractivity contribution in [3.63, 3.8) is 0 Å². The number of allylic oxidation sites excluding steroid dienone is 16. The lowest BCUT2D eigenvalue weighted by Crippen LogP contribution is -2.30. The number of unbranched alkanes of at least 4 members (excludes halogenated alkanes) is 27. The van der Waals surface area contributed by atoms with Crippen LogP contribution >= 0.6 is 0 Å². The minimum absolute atomic E-state index is 0.0883.